The second kappa shape index (κ2) is 9.36. The van der Waals surface area contributed by atoms with Gasteiger partial charge in [0, 0.05) is 24.5 Å². The molecule has 0 bridgehead atoms. The van der Waals surface area contributed by atoms with E-state index in [2.05, 4.69) is 47.0 Å². The number of nitrogens with zero attached hydrogens (tertiary/aromatic N) is 2. The van der Waals surface area contributed by atoms with Gasteiger partial charge >= 0.3 is 0 Å². The summed E-state index contributed by atoms with van der Waals surface area (Å²) in [6.07, 6.45) is 9.10. The highest BCUT2D eigenvalue weighted by molar-refractivity contribution is 5.34. The van der Waals surface area contributed by atoms with E-state index in [1.54, 1.807) is 7.11 Å². The van der Waals surface area contributed by atoms with E-state index in [9.17, 15) is 0 Å². The van der Waals surface area contributed by atoms with Gasteiger partial charge in [0.2, 0.25) is 5.88 Å². The van der Waals surface area contributed by atoms with Crippen molar-refractivity contribution in [1.82, 2.24) is 14.9 Å². The lowest BCUT2D eigenvalue weighted by atomic mass is 9.99. The van der Waals surface area contributed by atoms with Gasteiger partial charge in [0.05, 0.1) is 19.0 Å². The summed E-state index contributed by atoms with van der Waals surface area (Å²) in [6.45, 7) is 6.51. The molecule has 0 aliphatic heterocycles. The molecule has 126 valence electrons. The maximum Gasteiger partial charge on any atom is 0.213 e. The fourth-order valence-corrected chi connectivity index (χ4v) is 2.80. The van der Waals surface area contributed by atoms with Crippen molar-refractivity contribution in [3.63, 3.8) is 0 Å². The molecule has 4 heteroatoms. The number of hydrogen-bond acceptors (Lipinski definition) is 3. The van der Waals surface area contributed by atoms with E-state index in [1.165, 1.54) is 31.4 Å². The molecular formula is C19H29N3O. The standard InChI is InChI=1S/C19H29N3O/c1-4-6-8-16(5-2)13-20-14-17-9-7-12-22(17)18-10-11-19(23-3)21-15-18/h7,9-12,15-16,20H,4-6,8,13-14H2,1-3H3. The zero-order valence-electron chi connectivity index (χ0n) is 14.6. The molecule has 0 radical (unpaired) electrons. The molecule has 0 aliphatic rings. The van der Waals surface area contributed by atoms with Crippen molar-refractivity contribution in [1.29, 1.82) is 0 Å². The Hall–Kier alpha value is -1.81. The number of nitrogens with one attached hydrogen (secondary N) is 1. The third-order valence-electron chi connectivity index (χ3n) is 4.32. The van der Waals surface area contributed by atoms with Gasteiger partial charge in [-0.3, -0.25) is 0 Å². The van der Waals surface area contributed by atoms with E-state index in [0.717, 1.165) is 24.7 Å². The number of pyridine rings is 1. The van der Waals surface area contributed by atoms with Crippen LogP contribution in [0.15, 0.2) is 36.7 Å². The topological polar surface area (TPSA) is 39.1 Å². The molecule has 1 N–H and O–H groups in total. The van der Waals surface area contributed by atoms with E-state index in [-0.39, 0.29) is 0 Å². The fourth-order valence-electron chi connectivity index (χ4n) is 2.80. The largest absolute Gasteiger partial charge is 0.481 e. The monoisotopic (exact) mass is 315 g/mol. The van der Waals surface area contributed by atoms with Crippen molar-refractivity contribution < 1.29 is 4.74 Å². The first kappa shape index (κ1) is 17.5. The molecule has 0 aromatic carbocycles. The van der Waals surface area contributed by atoms with Crippen molar-refractivity contribution in [2.75, 3.05) is 13.7 Å². The quantitative estimate of drug-likeness (QED) is 0.714. The van der Waals surface area contributed by atoms with Crippen LogP contribution in [0, 0.1) is 5.92 Å². The lowest BCUT2D eigenvalue weighted by Crippen LogP contribution is -2.23. The Morgan fingerprint density at radius 1 is 1.26 bits per heavy atom. The van der Waals surface area contributed by atoms with Gasteiger partial charge in [-0.15, -0.1) is 0 Å². The molecule has 2 aromatic rings. The number of aromatic nitrogens is 2. The Morgan fingerprint density at radius 3 is 2.78 bits per heavy atom. The lowest BCUT2D eigenvalue weighted by molar-refractivity contribution is 0.397. The Morgan fingerprint density at radius 2 is 2.13 bits per heavy atom. The Kier molecular flexibility index (Phi) is 7.14. The van der Waals surface area contributed by atoms with Crippen LogP contribution in [0.2, 0.25) is 0 Å². The molecule has 23 heavy (non-hydrogen) atoms. The number of methoxy groups -OCH3 is 1. The summed E-state index contributed by atoms with van der Waals surface area (Å²) in [5.41, 5.74) is 2.31. The van der Waals surface area contributed by atoms with E-state index in [4.69, 9.17) is 4.74 Å². The first-order chi connectivity index (χ1) is 11.3. The van der Waals surface area contributed by atoms with Crippen LogP contribution in [0.1, 0.15) is 45.2 Å². The van der Waals surface area contributed by atoms with Crippen LogP contribution < -0.4 is 10.1 Å². The van der Waals surface area contributed by atoms with Crippen LogP contribution in [0.25, 0.3) is 5.69 Å². The number of unbranched alkanes of at least 4 members (excludes halogenated alkanes) is 1. The highest BCUT2D eigenvalue weighted by Gasteiger charge is 2.07. The van der Waals surface area contributed by atoms with E-state index in [1.807, 2.05) is 18.3 Å². The SMILES string of the molecule is CCCCC(CC)CNCc1cccn1-c1ccc(OC)nc1. The van der Waals surface area contributed by atoms with Crippen LogP contribution in [0.5, 0.6) is 5.88 Å². The van der Waals surface area contributed by atoms with Crippen LogP contribution >= 0.6 is 0 Å². The molecule has 0 spiro atoms. The fraction of sp³-hybridized carbons (Fsp3) is 0.526. The third-order valence-corrected chi connectivity index (χ3v) is 4.32. The normalized spacial score (nSPS) is 12.3. The molecule has 0 fully saturated rings. The summed E-state index contributed by atoms with van der Waals surface area (Å²) >= 11 is 0. The maximum absolute atomic E-state index is 5.12. The first-order valence-electron chi connectivity index (χ1n) is 8.65. The zero-order valence-corrected chi connectivity index (χ0v) is 14.6. The predicted octanol–water partition coefficient (Wildman–Crippen LogP) is 4.19. The molecule has 0 amide bonds. The summed E-state index contributed by atoms with van der Waals surface area (Å²) in [5.74, 6) is 1.42. The molecule has 4 nitrogen and oxygen atoms in total. The van der Waals surface area contributed by atoms with Crippen LogP contribution in [0.3, 0.4) is 0 Å². The molecule has 2 aromatic heterocycles. The van der Waals surface area contributed by atoms with E-state index < -0.39 is 0 Å². The zero-order chi connectivity index (χ0) is 16.5. The van der Waals surface area contributed by atoms with Gasteiger partial charge in [0.1, 0.15) is 0 Å². The minimum atomic E-state index is 0.641. The molecule has 0 saturated heterocycles. The average molecular weight is 315 g/mol. The van der Waals surface area contributed by atoms with Crippen LogP contribution in [-0.2, 0) is 6.54 Å². The van der Waals surface area contributed by atoms with Gasteiger partial charge in [-0.1, -0.05) is 33.1 Å². The van der Waals surface area contributed by atoms with Gasteiger partial charge in [0.25, 0.3) is 0 Å². The Balaban J connectivity index is 1.92. The molecule has 2 rings (SSSR count). The minimum absolute atomic E-state index is 0.641. The van der Waals surface area contributed by atoms with E-state index >= 15 is 0 Å². The second-order valence-electron chi connectivity index (χ2n) is 5.98. The second-order valence-corrected chi connectivity index (χ2v) is 5.98. The molecule has 1 unspecified atom stereocenters. The van der Waals surface area contributed by atoms with Crippen molar-refractivity contribution in [2.45, 2.75) is 46.1 Å². The van der Waals surface area contributed by atoms with Crippen LogP contribution in [-0.4, -0.2) is 23.2 Å². The Labute approximate surface area is 139 Å². The lowest BCUT2D eigenvalue weighted by Gasteiger charge is -2.16. The van der Waals surface area contributed by atoms with Crippen molar-refractivity contribution in [3.8, 4) is 11.6 Å². The molecule has 0 aliphatic carbocycles. The van der Waals surface area contributed by atoms with Gasteiger partial charge in [-0.05, 0) is 37.1 Å². The van der Waals surface area contributed by atoms with Gasteiger partial charge in [0.15, 0.2) is 0 Å². The smallest absolute Gasteiger partial charge is 0.213 e. The van der Waals surface area contributed by atoms with Gasteiger partial charge in [-0.2, -0.15) is 0 Å². The van der Waals surface area contributed by atoms with Crippen molar-refractivity contribution >= 4 is 0 Å². The summed E-state index contributed by atoms with van der Waals surface area (Å²) in [4.78, 5) is 4.29. The third kappa shape index (κ3) is 5.10. The molecular weight excluding hydrogens is 286 g/mol. The minimum Gasteiger partial charge on any atom is -0.481 e. The number of hydrogen-bond donors (Lipinski definition) is 1. The average Bonchev–Trinajstić information content (AvgIpc) is 3.06. The van der Waals surface area contributed by atoms with Gasteiger partial charge in [-0.25, -0.2) is 4.98 Å². The van der Waals surface area contributed by atoms with E-state index in [0.29, 0.717) is 5.88 Å². The highest BCUT2D eigenvalue weighted by atomic mass is 16.5. The van der Waals surface area contributed by atoms with Gasteiger partial charge < -0.3 is 14.6 Å². The summed E-state index contributed by atoms with van der Waals surface area (Å²) in [6, 6.07) is 8.16. The summed E-state index contributed by atoms with van der Waals surface area (Å²) in [7, 11) is 1.63. The molecule has 2 heterocycles. The summed E-state index contributed by atoms with van der Waals surface area (Å²) in [5, 5.41) is 3.61. The summed E-state index contributed by atoms with van der Waals surface area (Å²) < 4.78 is 7.29. The van der Waals surface area contributed by atoms with Crippen molar-refractivity contribution in [2.24, 2.45) is 5.92 Å². The number of rotatable bonds is 10. The maximum atomic E-state index is 5.12. The highest BCUT2D eigenvalue weighted by Crippen LogP contribution is 2.15. The molecule has 1 atom stereocenters. The first-order valence-corrected chi connectivity index (χ1v) is 8.65. The van der Waals surface area contributed by atoms with Crippen molar-refractivity contribution in [3.05, 3.63) is 42.4 Å². The van der Waals surface area contributed by atoms with Crippen LogP contribution in [0.4, 0.5) is 0 Å². The molecule has 0 saturated carbocycles. The predicted molar refractivity (Wildman–Crippen MR) is 95.1 cm³/mol. The Bertz CT molecular complexity index is 562. The number of ether oxygens (including phenoxy) is 1.